The second-order valence-electron chi connectivity index (χ2n) is 4.73. The number of hydrogen-bond donors (Lipinski definition) is 0. The fourth-order valence-corrected chi connectivity index (χ4v) is 2.31. The lowest BCUT2D eigenvalue weighted by molar-refractivity contribution is 0.355. The van der Waals surface area contributed by atoms with Crippen LogP contribution in [0.15, 0.2) is 24.3 Å². The maximum absolute atomic E-state index is 2.46. The van der Waals surface area contributed by atoms with E-state index in [9.17, 15) is 0 Å². The largest absolute Gasteiger partial charge is 0.0885 e. The first-order valence-corrected chi connectivity index (χ1v) is 6.70. The molecule has 0 aromatic carbocycles. The molecule has 0 radical (unpaired) electrons. The summed E-state index contributed by atoms with van der Waals surface area (Å²) in [4.78, 5) is 0. The Morgan fingerprint density at radius 3 is 1.87 bits per heavy atom. The Kier molecular flexibility index (Phi) is 6.47. The van der Waals surface area contributed by atoms with Gasteiger partial charge in [0.1, 0.15) is 0 Å². The monoisotopic (exact) mass is 206 g/mol. The van der Waals surface area contributed by atoms with Crippen molar-refractivity contribution in [1.29, 1.82) is 0 Å². The first kappa shape index (κ1) is 12.5. The molecule has 0 nitrogen and oxygen atoms in total. The standard InChI is InChI=1S/C15H26/c1-3-5-7-9-15-12-10-14(11-13-15)8-6-4-2/h6-9,14-15H,3-5,10-13H2,1-2H3/b8-6+,9-7+. The highest BCUT2D eigenvalue weighted by Gasteiger charge is 2.16. The van der Waals surface area contributed by atoms with Gasteiger partial charge in [-0.3, -0.25) is 0 Å². The molecule has 0 N–H and O–H groups in total. The van der Waals surface area contributed by atoms with E-state index in [1.54, 1.807) is 0 Å². The zero-order chi connectivity index (χ0) is 10.9. The van der Waals surface area contributed by atoms with Gasteiger partial charge >= 0.3 is 0 Å². The summed E-state index contributed by atoms with van der Waals surface area (Å²) in [5, 5.41) is 0. The summed E-state index contributed by atoms with van der Waals surface area (Å²) in [6.07, 6.45) is 18.9. The third kappa shape index (κ3) is 5.20. The van der Waals surface area contributed by atoms with E-state index in [0.717, 1.165) is 11.8 Å². The zero-order valence-corrected chi connectivity index (χ0v) is 10.4. The third-order valence-electron chi connectivity index (χ3n) is 3.32. The van der Waals surface area contributed by atoms with Gasteiger partial charge in [-0.2, -0.15) is 0 Å². The third-order valence-corrected chi connectivity index (χ3v) is 3.32. The van der Waals surface area contributed by atoms with Gasteiger partial charge in [0, 0.05) is 0 Å². The second kappa shape index (κ2) is 7.73. The van der Waals surface area contributed by atoms with Crippen molar-refractivity contribution in [3.8, 4) is 0 Å². The van der Waals surface area contributed by atoms with Crippen molar-refractivity contribution >= 4 is 0 Å². The highest BCUT2D eigenvalue weighted by atomic mass is 14.2. The summed E-state index contributed by atoms with van der Waals surface area (Å²) >= 11 is 0. The van der Waals surface area contributed by atoms with Crippen LogP contribution in [0.3, 0.4) is 0 Å². The highest BCUT2D eigenvalue weighted by molar-refractivity contribution is 4.95. The van der Waals surface area contributed by atoms with E-state index in [4.69, 9.17) is 0 Å². The van der Waals surface area contributed by atoms with E-state index in [1.807, 2.05) is 0 Å². The minimum absolute atomic E-state index is 0.876. The van der Waals surface area contributed by atoms with Crippen LogP contribution in [0.25, 0.3) is 0 Å². The Morgan fingerprint density at radius 1 is 0.867 bits per heavy atom. The number of allylic oxidation sites excluding steroid dienone is 4. The number of rotatable bonds is 5. The minimum atomic E-state index is 0.876. The predicted octanol–water partition coefficient (Wildman–Crippen LogP) is 5.12. The van der Waals surface area contributed by atoms with Crippen molar-refractivity contribution in [2.75, 3.05) is 0 Å². The fourth-order valence-electron chi connectivity index (χ4n) is 2.31. The molecule has 0 aliphatic heterocycles. The van der Waals surface area contributed by atoms with E-state index in [1.165, 1.54) is 44.9 Å². The molecule has 0 spiro atoms. The molecule has 0 heteroatoms. The van der Waals surface area contributed by atoms with Crippen molar-refractivity contribution in [3.63, 3.8) is 0 Å². The van der Waals surface area contributed by atoms with Crippen molar-refractivity contribution < 1.29 is 0 Å². The first-order valence-electron chi connectivity index (χ1n) is 6.70. The van der Waals surface area contributed by atoms with Crippen LogP contribution in [0.4, 0.5) is 0 Å². The van der Waals surface area contributed by atoms with Crippen molar-refractivity contribution in [2.45, 2.75) is 58.8 Å². The van der Waals surface area contributed by atoms with Crippen LogP contribution in [0.5, 0.6) is 0 Å². The second-order valence-corrected chi connectivity index (χ2v) is 4.73. The predicted molar refractivity (Wildman–Crippen MR) is 68.9 cm³/mol. The molecule has 1 aliphatic carbocycles. The van der Waals surface area contributed by atoms with Crippen molar-refractivity contribution in [1.82, 2.24) is 0 Å². The fraction of sp³-hybridized carbons (Fsp3) is 0.733. The normalized spacial score (nSPS) is 27.9. The first-order chi connectivity index (χ1) is 7.36. The minimum Gasteiger partial charge on any atom is -0.0885 e. The molecule has 0 aromatic heterocycles. The van der Waals surface area contributed by atoms with Gasteiger partial charge in [-0.25, -0.2) is 0 Å². The van der Waals surface area contributed by atoms with Crippen LogP contribution in [-0.4, -0.2) is 0 Å². The summed E-state index contributed by atoms with van der Waals surface area (Å²) in [6.45, 7) is 4.46. The lowest BCUT2D eigenvalue weighted by Gasteiger charge is -2.24. The molecule has 0 bridgehead atoms. The summed E-state index contributed by atoms with van der Waals surface area (Å²) < 4.78 is 0. The number of hydrogen-bond acceptors (Lipinski definition) is 0. The van der Waals surface area contributed by atoms with E-state index < -0.39 is 0 Å². The van der Waals surface area contributed by atoms with Gasteiger partial charge in [0.25, 0.3) is 0 Å². The Bertz CT molecular complexity index is 192. The van der Waals surface area contributed by atoms with E-state index >= 15 is 0 Å². The van der Waals surface area contributed by atoms with Crippen LogP contribution in [0.2, 0.25) is 0 Å². The Labute approximate surface area is 95.5 Å². The highest BCUT2D eigenvalue weighted by Crippen LogP contribution is 2.30. The Hall–Kier alpha value is -0.520. The van der Waals surface area contributed by atoms with Crippen molar-refractivity contribution in [3.05, 3.63) is 24.3 Å². The molecule has 15 heavy (non-hydrogen) atoms. The molecule has 0 amide bonds. The summed E-state index contributed by atoms with van der Waals surface area (Å²) in [5.74, 6) is 1.75. The summed E-state index contributed by atoms with van der Waals surface area (Å²) in [5.41, 5.74) is 0. The van der Waals surface area contributed by atoms with E-state index in [-0.39, 0.29) is 0 Å². The maximum atomic E-state index is 2.46. The van der Waals surface area contributed by atoms with Gasteiger partial charge in [-0.15, -0.1) is 0 Å². The maximum Gasteiger partial charge on any atom is -0.0233 e. The molecule has 1 saturated carbocycles. The Morgan fingerprint density at radius 2 is 1.40 bits per heavy atom. The van der Waals surface area contributed by atoms with Crippen LogP contribution < -0.4 is 0 Å². The SMILES string of the molecule is CC/C=C/C1CCC(/C=C/CCC)CC1. The van der Waals surface area contributed by atoms with Crippen LogP contribution >= 0.6 is 0 Å². The summed E-state index contributed by atoms with van der Waals surface area (Å²) in [7, 11) is 0. The Balaban J connectivity index is 2.20. The van der Waals surface area contributed by atoms with E-state index in [0.29, 0.717) is 0 Å². The van der Waals surface area contributed by atoms with E-state index in [2.05, 4.69) is 38.2 Å². The molecule has 0 aromatic rings. The van der Waals surface area contributed by atoms with Crippen molar-refractivity contribution in [2.24, 2.45) is 11.8 Å². The molecule has 1 rings (SSSR count). The smallest absolute Gasteiger partial charge is 0.0233 e. The molecular weight excluding hydrogens is 180 g/mol. The number of unbranched alkanes of at least 4 members (excludes halogenated alkanes) is 1. The average Bonchev–Trinajstić information content (AvgIpc) is 2.28. The molecule has 1 fully saturated rings. The van der Waals surface area contributed by atoms with Gasteiger partial charge in [-0.05, 0) is 50.4 Å². The quantitative estimate of drug-likeness (QED) is 0.548. The molecule has 1 aliphatic rings. The molecular formula is C15H26. The molecule has 0 saturated heterocycles. The van der Waals surface area contributed by atoms with Gasteiger partial charge in [-0.1, -0.05) is 44.6 Å². The molecule has 86 valence electrons. The molecule has 0 atom stereocenters. The van der Waals surface area contributed by atoms with Crippen LogP contribution in [0, 0.1) is 11.8 Å². The molecule has 0 heterocycles. The van der Waals surface area contributed by atoms with Gasteiger partial charge < -0.3 is 0 Å². The average molecular weight is 206 g/mol. The lowest BCUT2D eigenvalue weighted by atomic mass is 9.81. The summed E-state index contributed by atoms with van der Waals surface area (Å²) in [6, 6.07) is 0. The van der Waals surface area contributed by atoms with Crippen LogP contribution in [-0.2, 0) is 0 Å². The zero-order valence-electron chi connectivity index (χ0n) is 10.4. The topological polar surface area (TPSA) is 0 Å². The van der Waals surface area contributed by atoms with Gasteiger partial charge in [0.2, 0.25) is 0 Å². The van der Waals surface area contributed by atoms with Crippen LogP contribution in [0.1, 0.15) is 58.8 Å². The van der Waals surface area contributed by atoms with Gasteiger partial charge in [0.15, 0.2) is 0 Å². The van der Waals surface area contributed by atoms with Gasteiger partial charge in [0.05, 0.1) is 0 Å². The molecule has 0 unspecified atom stereocenters. The lowest BCUT2D eigenvalue weighted by Crippen LogP contribution is -2.11.